The summed E-state index contributed by atoms with van der Waals surface area (Å²) in [6.45, 7) is 6.10. The largest absolute Gasteiger partial charge is 0.354 e. The standard InChI is InChI=1S/C13H21N3/c1-10(2)16(9-11-6-7-11)13-5-3-4-12(8-14)15-13/h3-5,10-11H,6-9,14H2,1-2H3. The van der Waals surface area contributed by atoms with Crippen LogP contribution in [0, 0.1) is 5.92 Å². The Morgan fingerprint density at radius 1 is 1.44 bits per heavy atom. The Balaban J connectivity index is 2.15. The minimum absolute atomic E-state index is 0.501. The van der Waals surface area contributed by atoms with Crippen LogP contribution in [-0.2, 0) is 6.54 Å². The molecule has 3 nitrogen and oxygen atoms in total. The van der Waals surface area contributed by atoms with E-state index in [9.17, 15) is 0 Å². The number of nitrogens with zero attached hydrogens (tertiary/aromatic N) is 2. The summed E-state index contributed by atoms with van der Waals surface area (Å²) in [5.41, 5.74) is 6.60. The molecule has 0 unspecified atom stereocenters. The van der Waals surface area contributed by atoms with E-state index in [-0.39, 0.29) is 0 Å². The molecule has 3 heteroatoms. The summed E-state index contributed by atoms with van der Waals surface area (Å²) in [6, 6.07) is 6.62. The lowest BCUT2D eigenvalue weighted by Gasteiger charge is -2.28. The van der Waals surface area contributed by atoms with Gasteiger partial charge < -0.3 is 10.6 Å². The zero-order valence-electron chi connectivity index (χ0n) is 10.2. The van der Waals surface area contributed by atoms with Gasteiger partial charge in [-0.1, -0.05) is 6.07 Å². The molecule has 2 N–H and O–H groups in total. The van der Waals surface area contributed by atoms with Gasteiger partial charge in [0.15, 0.2) is 0 Å². The van der Waals surface area contributed by atoms with E-state index in [0.29, 0.717) is 12.6 Å². The molecule has 0 bridgehead atoms. The van der Waals surface area contributed by atoms with Crippen LogP contribution in [0.4, 0.5) is 5.82 Å². The lowest BCUT2D eigenvalue weighted by Crippen LogP contribution is -2.33. The third-order valence-electron chi connectivity index (χ3n) is 3.07. The van der Waals surface area contributed by atoms with Crippen molar-refractivity contribution in [1.82, 2.24) is 4.98 Å². The second-order valence-electron chi connectivity index (χ2n) is 4.88. The highest BCUT2D eigenvalue weighted by Crippen LogP contribution is 2.31. The third-order valence-corrected chi connectivity index (χ3v) is 3.07. The van der Waals surface area contributed by atoms with E-state index in [4.69, 9.17) is 5.73 Å². The molecular weight excluding hydrogens is 198 g/mol. The quantitative estimate of drug-likeness (QED) is 0.825. The van der Waals surface area contributed by atoms with Crippen LogP contribution < -0.4 is 10.6 Å². The molecule has 1 aliphatic rings. The second-order valence-corrected chi connectivity index (χ2v) is 4.88. The Hall–Kier alpha value is -1.09. The zero-order chi connectivity index (χ0) is 11.5. The van der Waals surface area contributed by atoms with Crippen molar-refractivity contribution in [3.63, 3.8) is 0 Å². The molecule has 1 aliphatic carbocycles. The molecule has 1 aromatic rings. The molecule has 0 amide bonds. The normalized spacial score (nSPS) is 15.5. The van der Waals surface area contributed by atoms with Gasteiger partial charge in [-0.3, -0.25) is 0 Å². The average Bonchev–Trinajstić information content (AvgIpc) is 3.09. The number of hydrogen-bond acceptors (Lipinski definition) is 3. The molecule has 1 heterocycles. The maximum atomic E-state index is 5.63. The molecule has 0 radical (unpaired) electrons. The van der Waals surface area contributed by atoms with Crippen molar-refractivity contribution < 1.29 is 0 Å². The average molecular weight is 219 g/mol. The molecule has 88 valence electrons. The van der Waals surface area contributed by atoms with E-state index in [0.717, 1.165) is 24.0 Å². The molecular formula is C13H21N3. The number of aromatic nitrogens is 1. The maximum Gasteiger partial charge on any atom is 0.129 e. The summed E-state index contributed by atoms with van der Waals surface area (Å²) in [5, 5.41) is 0. The SMILES string of the molecule is CC(C)N(CC1CC1)c1cccc(CN)n1. The molecule has 0 aromatic carbocycles. The van der Waals surface area contributed by atoms with Crippen molar-refractivity contribution in [2.75, 3.05) is 11.4 Å². The second kappa shape index (κ2) is 4.83. The van der Waals surface area contributed by atoms with Crippen molar-refractivity contribution in [2.24, 2.45) is 11.7 Å². The summed E-state index contributed by atoms with van der Waals surface area (Å²) in [4.78, 5) is 6.98. The molecule has 0 saturated heterocycles. The first kappa shape index (κ1) is 11.4. The molecule has 1 aromatic heterocycles. The molecule has 1 fully saturated rings. The van der Waals surface area contributed by atoms with Crippen LogP contribution in [-0.4, -0.2) is 17.6 Å². The summed E-state index contributed by atoms with van der Waals surface area (Å²) in [5.74, 6) is 1.95. The van der Waals surface area contributed by atoms with Crippen molar-refractivity contribution >= 4 is 5.82 Å². The molecule has 16 heavy (non-hydrogen) atoms. The number of pyridine rings is 1. The monoisotopic (exact) mass is 219 g/mol. The highest BCUT2D eigenvalue weighted by Gasteiger charge is 2.26. The zero-order valence-corrected chi connectivity index (χ0v) is 10.2. The predicted octanol–water partition coefficient (Wildman–Crippen LogP) is 2.17. The molecule has 2 rings (SSSR count). The first-order valence-electron chi connectivity index (χ1n) is 6.13. The van der Waals surface area contributed by atoms with Crippen molar-refractivity contribution in [1.29, 1.82) is 0 Å². The first-order valence-corrected chi connectivity index (χ1v) is 6.13. The molecule has 1 saturated carbocycles. The third kappa shape index (κ3) is 2.73. The van der Waals surface area contributed by atoms with Gasteiger partial charge >= 0.3 is 0 Å². The van der Waals surface area contributed by atoms with E-state index >= 15 is 0 Å². The summed E-state index contributed by atoms with van der Waals surface area (Å²) < 4.78 is 0. The maximum absolute atomic E-state index is 5.63. The minimum Gasteiger partial charge on any atom is -0.354 e. The van der Waals surface area contributed by atoms with Gasteiger partial charge in [0.1, 0.15) is 5.82 Å². The Morgan fingerprint density at radius 3 is 2.75 bits per heavy atom. The van der Waals surface area contributed by atoms with Crippen LogP contribution in [0.1, 0.15) is 32.4 Å². The van der Waals surface area contributed by atoms with E-state index in [2.05, 4.69) is 29.8 Å². The van der Waals surface area contributed by atoms with E-state index in [1.165, 1.54) is 12.8 Å². The Kier molecular flexibility index (Phi) is 3.44. The van der Waals surface area contributed by atoms with Crippen molar-refractivity contribution in [2.45, 2.75) is 39.3 Å². The molecule has 0 aliphatic heterocycles. The topological polar surface area (TPSA) is 42.1 Å². The fourth-order valence-corrected chi connectivity index (χ4v) is 1.89. The van der Waals surface area contributed by atoms with E-state index in [1.54, 1.807) is 0 Å². The molecule has 0 spiro atoms. The number of nitrogens with two attached hydrogens (primary N) is 1. The number of anilines is 1. The van der Waals surface area contributed by atoms with Gasteiger partial charge in [-0.2, -0.15) is 0 Å². The van der Waals surface area contributed by atoms with Crippen LogP contribution in [0.15, 0.2) is 18.2 Å². The Bertz CT molecular complexity index is 345. The summed E-state index contributed by atoms with van der Waals surface area (Å²) >= 11 is 0. The Morgan fingerprint density at radius 2 is 2.19 bits per heavy atom. The van der Waals surface area contributed by atoms with Gasteiger partial charge in [0, 0.05) is 19.1 Å². The fraction of sp³-hybridized carbons (Fsp3) is 0.615. The van der Waals surface area contributed by atoms with Crippen molar-refractivity contribution in [3.8, 4) is 0 Å². The van der Waals surface area contributed by atoms with Crippen LogP contribution >= 0.6 is 0 Å². The van der Waals surface area contributed by atoms with Gasteiger partial charge in [-0.15, -0.1) is 0 Å². The molecule has 0 atom stereocenters. The van der Waals surface area contributed by atoms with E-state index < -0.39 is 0 Å². The van der Waals surface area contributed by atoms with Gasteiger partial charge in [-0.25, -0.2) is 4.98 Å². The highest BCUT2D eigenvalue weighted by molar-refractivity contribution is 5.40. The van der Waals surface area contributed by atoms with Crippen LogP contribution in [0.3, 0.4) is 0 Å². The number of hydrogen-bond donors (Lipinski definition) is 1. The predicted molar refractivity (Wildman–Crippen MR) is 67.3 cm³/mol. The van der Waals surface area contributed by atoms with Crippen LogP contribution in [0.2, 0.25) is 0 Å². The first-order chi connectivity index (χ1) is 7.70. The van der Waals surface area contributed by atoms with E-state index in [1.807, 2.05) is 12.1 Å². The van der Waals surface area contributed by atoms with Gasteiger partial charge in [0.05, 0.1) is 5.69 Å². The van der Waals surface area contributed by atoms with Gasteiger partial charge in [0.2, 0.25) is 0 Å². The van der Waals surface area contributed by atoms with Crippen LogP contribution in [0.25, 0.3) is 0 Å². The van der Waals surface area contributed by atoms with Gasteiger partial charge in [0.25, 0.3) is 0 Å². The van der Waals surface area contributed by atoms with Crippen LogP contribution in [0.5, 0.6) is 0 Å². The summed E-state index contributed by atoms with van der Waals surface area (Å²) in [6.07, 6.45) is 2.75. The Labute approximate surface area is 97.7 Å². The number of rotatable bonds is 5. The smallest absolute Gasteiger partial charge is 0.129 e. The highest BCUT2D eigenvalue weighted by atomic mass is 15.2. The van der Waals surface area contributed by atoms with Crippen molar-refractivity contribution in [3.05, 3.63) is 23.9 Å². The lowest BCUT2D eigenvalue weighted by atomic mass is 10.2. The lowest BCUT2D eigenvalue weighted by molar-refractivity contribution is 0.635. The summed E-state index contributed by atoms with van der Waals surface area (Å²) in [7, 11) is 0. The fourth-order valence-electron chi connectivity index (χ4n) is 1.89. The minimum atomic E-state index is 0.501. The van der Waals surface area contributed by atoms with Gasteiger partial charge in [-0.05, 0) is 44.7 Å².